The number of nitrogens with one attached hydrogen (secondary N) is 1. The average Bonchev–Trinajstić information content (AvgIpc) is 3.24. The summed E-state index contributed by atoms with van der Waals surface area (Å²) < 4.78 is 0. The van der Waals surface area contributed by atoms with Gasteiger partial charge in [-0.05, 0) is 31.1 Å². The Morgan fingerprint density at radius 2 is 2.07 bits per heavy atom. The van der Waals surface area contributed by atoms with Crippen LogP contribution in [-0.4, -0.2) is 48.8 Å². The number of amides is 1. The molecule has 4 rings (SSSR count). The van der Waals surface area contributed by atoms with E-state index in [1.54, 1.807) is 43.1 Å². The molecule has 8 heteroatoms. The molecule has 0 radical (unpaired) electrons. The van der Waals surface area contributed by atoms with Crippen LogP contribution < -0.4 is 5.32 Å². The molecule has 0 aromatic carbocycles. The summed E-state index contributed by atoms with van der Waals surface area (Å²) in [6.07, 6.45) is 12.6. The van der Waals surface area contributed by atoms with Crippen molar-refractivity contribution in [1.82, 2.24) is 29.8 Å². The van der Waals surface area contributed by atoms with E-state index in [1.165, 1.54) is 0 Å². The van der Waals surface area contributed by atoms with Crippen LogP contribution in [0.25, 0.3) is 6.08 Å². The van der Waals surface area contributed by atoms with Crippen LogP contribution in [0.1, 0.15) is 29.4 Å². The fourth-order valence-corrected chi connectivity index (χ4v) is 3.31. The molecular weight excluding hydrogens is 366 g/mol. The molecule has 1 aliphatic heterocycles. The van der Waals surface area contributed by atoms with Crippen LogP contribution in [-0.2, 0) is 4.79 Å². The van der Waals surface area contributed by atoms with Gasteiger partial charge in [0.1, 0.15) is 17.5 Å². The first-order valence-corrected chi connectivity index (χ1v) is 9.43. The molecule has 146 valence electrons. The van der Waals surface area contributed by atoms with Gasteiger partial charge in [-0.2, -0.15) is 0 Å². The first kappa shape index (κ1) is 18.7. The molecule has 0 bridgehead atoms. The number of rotatable bonds is 5. The topological polar surface area (TPSA) is 96.8 Å². The Morgan fingerprint density at radius 3 is 2.86 bits per heavy atom. The molecule has 0 aliphatic carbocycles. The number of anilines is 2. The molecule has 8 nitrogen and oxygen atoms in total. The summed E-state index contributed by atoms with van der Waals surface area (Å²) in [5.74, 6) is 2.15. The van der Waals surface area contributed by atoms with E-state index in [4.69, 9.17) is 0 Å². The standard InChI is InChI=1S/C21H21N7O/c1-15-25-18(11-19(26-15)27-20-13-23-8-9-24-20)17-6-10-28(14-17)21(29)5-4-16-3-2-7-22-12-16/h2-5,7-9,11-13,17H,6,10,14H2,1H3,(H,24,25,26,27)/b5-4+/t17-/m1/s1. The second-order valence-corrected chi connectivity index (χ2v) is 6.83. The summed E-state index contributed by atoms with van der Waals surface area (Å²) in [5, 5.41) is 3.16. The molecule has 0 spiro atoms. The summed E-state index contributed by atoms with van der Waals surface area (Å²) in [6, 6.07) is 5.69. The summed E-state index contributed by atoms with van der Waals surface area (Å²) in [6.45, 7) is 3.20. The van der Waals surface area contributed by atoms with Gasteiger partial charge in [0.15, 0.2) is 0 Å². The van der Waals surface area contributed by atoms with Gasteiger partial charge in [0, 0.05) is 55.9 Å². The third-order valence-corrected chi connectivity index (χ3v) is 4.70. The van der Waals surface area contributed by atoms with Crippen molar-refractivity contribution in [2.24, 2.45) is 0 Å². The van der Waals surface area contributed by atoms with E-state index in [0.29, 0.717) is 30.5 Å². The molecule has 4 heterocycles. The van der Waals surface area contributed by atoms with Gasteiger partial charge in [0.2, 0.25) is 5.91 Å². The van der Waals surface area contributed by atoms with Gasteiger partial charge in [-0.25, -0.2) is 15.0 Å². The molecule has 1 saturated heterocycles. The molecule has 1 fully saturated rings. The second-order valence-electron chi connectivity index (χ2n) is 6.83. The van der Waals surface area contributed by atoms with Gasteiger partial charge in [-0.3, -0.25) is 14.8 Å². The zero-order valence-electron chi connectivity index (χ0n) is 16.1. The van der Waals surface area contributed by atoms with Crippen LogP contribution in [0.2, 0.25) is 0 Å². The Labute approximate surface area is 168 Å². The number of likely N-dealkylation sites (tertiary alicyclic amines) is 1. The largest absolute Gasteiger partial charge is 0.338 e. The maximum absolute atomic E-state index is 12.5. The van der Waals surface area contributed by atoms with Gasteiger partial charge < -0.3 is 10.2 Å². The van der Waals surface area contributed by atoms with Gasteiger partial charge in [0.05, 0.1) is 11.9 Å². The maximum Gasteiger partial charge on any atom is 0.246 e. The van der Waals surface area contributed by atoms with Crippen molar-refractivity contribution >= 4 is 23.6 Å². The fourth-order valence-electron chi connectivity index (χ4n) is 3.31. The van der Waals surface area contributed by atoms with E-state index in [-0.39, 0.29) is 11.8 Å². The Balaban J connectivity index is 1.43. The predicted octanol–water partition coefficient (Wildman–Crippen LogP) is 2.74. The number of nitrogens with zero attached hydrogens (tertiary/aromatic N) is 6. The van der Waals surface area contributed by atoms with E-state index in [9.17, 15) is 4.79 Å². The monoisotopic (exact) mass is 387 g/mol. The zero-order valence-corrected chi connectivity index (χ0v) is 16.1. The number of carbonyl (C=O) groups excluding carboxylic acids is 1. The summed E-state index contributed by atoms with van der Waals surface area (Å²) in [5.41, 5.74) is 1.83. The lowest BCUT2D eigenvalue weighted by molar-refractivity contribution is -0.124. The van der Waals surface area contributed by atoms with Crippen LogP contribution in [0.5, 0.6) is 0 Å². The van der Waals surface area contributed by atoms with E-state index in [1.807, 2.05) is 30.0 Å². The van der Waals surface area contributed by atoms with Gasteiger partial charge in [0.25, 0.3) is 0 Å². The van der Waals surface area contributed by atoms with E-state index in [2.05, 4.69) is 30.2 Å². The van der Waals surface area contributed by atoms with E-state index < -0.39 is 0 Å². The lowest BCUT2D eigenvalue weighted by atomic mass is 10.0. The average molecular weight is 387 g/mol. The van der Waals surface area contributed by atoms with Crippen LogP contribution >= 0.6 is 0 Å². The highest BCUT2D eigenvalue weighted by atomic mass is 16.2. The molecule has 1 amide bonds. The normalized spacial score (nSPS) is 16.3. The van der Waals surface area contributed by atoms with Crippen molar-refractivity contribution in [2.45, 2.75) is 19.3 Å². The molecule has 29 heavy (non-hydrogen) atoms. The highest BCUT2D eigenvalue weighted by Gasteiger charge is 2.27. The van der Waals surface area contributed by atoms with Gasteiger partial charge in [-0.1, -0.05) is 6.07 Å². The number of pyridine rings is 1. The smallest absolute Gasteiger partial charge is 0.246 e. The second kappa shape index (κ2) is 8.55. The molecule has 1 aliphatic rings. The summed E-state index contributed by atoms with van der Waals surface area (Å²) >= 11 is 0. The van der Waals surface area contributed by atoms with Crippen molar-refractivity contribution in [3.63, 3.8) is 0 Å². The quantitative estimate of drug-likeness (QED) is 0.672. The number of hydrogen-bond acceptors (Lipinski definition) is 7. The molecule has 1 atom stereocenters. The molecule has 3 aromatic rings. The SMILES string of the molecule is Cc1nc(Nc2cnccn2)cc([C@@H]2CCN(C(=O)/C=C/c3cccnc3)C2)n1. The van der Waals surface area contributed by atoms with Crippen LogP contribution in [0.4, 0.5) is 11.6 Å². The van der Waals surface area contributed by atoms with E-state index >= 15 is 0 Å². The zero-order chi connectivity index (χ0) is 20.1. The Kier molecular flexibility index (Phi) is 5.51. The first-order valence-electron chi connectivity index (χ1n) is 9.43. The molecule has 3 aromatic heterocycles. The van der Waals surface area contributed by atoms with Crippen molar-refractivity contribution in [2.75, 3.05) is 18.4 Å². The molecular formula is C21H21N7O. The third kappa shape index (κ3) is 4.78. The van der Waals surface area contributed by atoms with Crippen LogP contribution in [0.15, 0.2) is 55.3 Å². The summed E-state index contributed by atoms with van der Waals surface area (Å²) in [4.78, 5) is 35.7. The lowest BCUT2D eigenvalue weighted by Gasteiger charge is -2.15. The minimum absolute atomic E-state index is 0.0000366. The lowest BCUT2D eigenvalue weighted by Crippen LogP contribution is -2.26. The predicted molar refractivity (Wildman–Crippen MR) is 109 cm³/mol. The van der Waals surface area contributed by atoms with Crippen molar-refractivity contribution in [3.8, 4) is 0 Å². The number of aryl methyl sites for hydroxylation is 1. The molecule has 0 unspecified atom stereocenters. The van der Waals surface area contributed by atoms with Crippen molar-refractivity contribution in [3.05, 3.63) is 72.3 Å². The van der Waals surface area contributed by atoms with Crippen LogP contribution in [0, 0.1) is 6.92 Å². The van der Waals surface area contributed by atoms with Crippen molar-refractivity contribution in [1.29, 1.82) is 0 Å². The molecule has 1 N–H and O–H groups in total. The third-order valence-electron chi connectivity index (χ3n) is 4.70. The maximum atomic E-state index is 12.5. The number of hydrogen-bond donors (Lipinski definition) is 1. The molecule has 0 saturated carbocycles. The first-order chi connectivity index (χ1) is 14.2. The highest BCUT2D eigenvalue weighted by molar-refractivity contribution is 5.92. The minimum atomic E-state index is 0.0000366. The Bertz CT molecular complexity index is 1010. The Morgan fingerprint density at radius 1 is 1.17 bits per heavy atom. The fraction of sp³-hybridized carbons (Fsp3) is 0.238. The highest BCUT2D eigenvalue weighted by Crippen LogP contribution is 2.28. The summed E-state index contributed by atoms with van der Waals surface area (Å²) in [7, 11) is 0. The minimum Gasteiger partial charge on any atom is -0.338 e. The van der Waals surface area contributed by atoms with Gasteiger partial charge >= 0.3 is 0 Å². The number of aromatic nitrogens is 5. The van der Waals surface area contributed by atoms with Crippen molar-refractivity contribution < 1.29 is 4.79 Å². The van der Waals surface area contributed by atoms with Gasteiger partial charge in [-0.15, -0.1) is 0 Å². The Hall–Kier alpha value is -3.68. The van der Waals surface area contributed by atoms with Crippen LogP contribution in [0.3, 0.4) is 0 Å². The van der Waals surface area contributed by atoms with E-state index in [0.717, 1.165) is 17.7 Å². The number of carbonyl (C=O) groups is 1.